The Balaban J connectivity index is 1.89. The Labute approximate surface area is 120 Å². The summed E-state index contributed by atoms with van der Waals surface area (Å²) in [5, 5.41) is 8.90. The smallest absolute Gasteiger partial charge is 0.320 e. The molecule has 1 aliphatic heterocycles. The number of nitrogens with zero attached hydrogens (tertiary/aromatic N) is 2. The average Bonchev–Trinajstić information content (AvgIpc) is 3.21. The zero-order valence-electron chi connectivity index (χ0n) is 12.4. The third-order valence-corrected chi connectivity index (χ3v) is 4.19. The molecule has 2 aliphatic rings. The van der Waals surface area contributed by atoms with E-state index in [2.05, 4.69) is 6.92 Å². The van der Waals surface area contributed by atoms with Gasteiger partial charge in [0.25, 0.3) is 0 Å². The molecule has 1 saturated carbocycles. The van der Waals surface area contributed by atoms with Gasteiger partial charge in [-0.3, -0.25) is 4.79 Å². The SMILES string of the molecule is CCCN(CC1CC1)C(=O)N1CCCC(CC(=O)O)C1. The summed E-state index contributed by atoms with van der Waals surface area (Å²) in [5.41, 5.74) is 0. The van der Waals surface area contributed by atoms with Crippen molar-refractivity contribution in [3.05, 3.63) is 0 Å². The maximum absolute atomic E-state index is 12.6. The molecular weight excluding hydrogens is 256 g/mol. The number of carboxylic acid groups (broad SMARTS) is 1. The van der Waals surface area contributed by atoms with Gasteiger partial charge in [0.2, 0.25) is 0 Å². The summed E-state index contributed by atoms with van der Waals surface area (Å²) in [6, 6.07) is 0.119. The molecular formula is C15H26N2O3. The van der Waals surface area contributed by atoms with Gasteiger partial charge in [-0.05, 0) is 43.9 Å². The first-order valence-electron chi connectivity index (χ1n) is 7.85. The van der Waals surface area contributed by atoms with Crippen LogP contribution in [0.25, 0.3) is 0 Å². The zero-order valence-corrected chi connectivity index (χ0v) is 12.4. The highest BCUT2D eigenvalue weighted by Gasteiger charge is 2.31. The lowest BCUT2D eigenvalue weighted by molar-refractivity contribution is -0.138. The van der Waals surface area contributed by atoms with Gasteiger partial charge in [-0.2, -0.15) is 0 Å². The minimum atomic E-state index is -0.757. The molecule has 2 fully saturated rings. The minimum absolute atomic E-state index is 0.119. The van der Waals surface area contributed by atoms with Crippen LogP contribution in [0.5, 0.6) is 0 Å². The highest BCUT2D eigenvalue weighted by Crippen LogP contribution is 2.30. The fourth-order valence-electron chi connectivity index (χ4n) is 3.00. The maximum atomic E-state index is 12.6. The zero-order chi connectivity index (χ0) is 14.5. The van der Waals surface area contributed by atoms with Crippen LogP contribution in [0.2, 0.25) is 0 Å². The van der Waals surface area contributed by atoms with Gasteiger partial charge < -0.3 is 14.9 Å². The first kappa shape index (κ1) is 15.1. The van der Waals surface area contributed by atoms with Crippen molar-refractivity contribution < 1.29 is 14.7 Å². The van der Waals surface area contributed by atoms with Crippen molar-refractivity contribution in [3.63, 3.8) is 0 Å². The third-order valence-electron chi connectivity index (χ3n) is 4.19. The Morgan fingerprint density at radius 2 is 2.00 bits per heavy atom. The second kappa shape index (κ2) is 6.95. The van der Waals surface area contributed by atoms with Crippen molar-refractivity contribution >= 4 is 12.0 Å². The van der Waals surface area contributed by atoms with Crippen molar-refractivity contribution in [2.45, 2.75) is 45.4 Å². The first-order valence-corrected chi connectivity index (χ1v) is 7.85. The summed E-state index contributed by atoms with van der Waals surface area (Å²) >= 11 is 0. The molecule has 5 heteroatoms. The fourth-order valence-corrected chi connectivity index (χ4v) is 3.00. The molecule has 0 spiro atoms. The standard InChI is InChI=1S/C15H26N2O3/c1-2-7-16(10-12-5-6-12)15(20)17-8-3-4-13(11-17)9-14(18)19/h12-13H,2-11H2,1H3,(H,18,19). The van der Waals surface area contributed by atoms with E-state index in [-0.39, 0.29) is 18.4 Å². The van der Waals surface area contributed by atoms with Crippen LogP contribution in [0.1, 0.15) is 45.4 Å². The molecule has 1 atom stereocenters. The van der Waals surface area contributed by atoms with E-state index in [9.17, 15) is 9.59 Å². The van der Waals surface area contributed by atoms with Crippen molar-refractivity contribution in [3.8, 4) is 0 Å². The number of aliphatic carboxylic acids is 1. The van der Waals surface area contributed by atoms with E-state index in [4.69, 9.17) is 5.11 Å². The number of likely N-dealkylation sites (tertiary alicyclic amines) is 1. The van der Waals surface area contributed by atoms with E-state index in [1.165, 1.54) is 12.8 Å². The molecule has 2 amide bonds. The molecule has 1 heterocycles. The molecule has 0 aromatic heterocycles. The van der Waals surface area contributed by atoms with Gasteiger partial charge in [0.1, 0.15) is 0 Å². The molecule has 0 bridgehead atoms. The Kier molecular flexibility index (Phi) is 5.26. The average molecular weight is 282 g/mol. The van der Waals surface area contributed by atoms with E-state index in [1.807, 2.05) is 9.80 Å². The number of amides is 2. The van der Waals surface area contributed by atoms with Crippen LogP contribution in [0.4, 0.5) is 4.79 Å². The quantitative estimate of drug-likeness (QED) is 0.814. The molecule has 0 aromatic rings. The molecule has 1 unspecified atom stereocenters. The molecule has 5 nitrogen and oxygen atoms in total. The summed E-state index contributed by atoms with van der Waals surface area (Å²) in [6.45, 7) is 5.18. The number of hydrogen-bond donors (Lipinski definition) is 1. The highest BCUT2D eigenvalue weighted by molar-refractivity contribution is 5.75. The van der Waals surface area contributed by atoms with Crippen molar-refractivity contribution in [2.75, 3.05) is 26.2 Å². The Bertz CT molecular complexity index is 355. The molecule has 0 radical (unpaired) electrons. The van der Waals surface area contributed by atoms with E-state index >= 15 is 0 Å². The van der Waals surface area contributed by atoms with Crippen LogP contribution in [0, 0.1) is 11.8 Å². The van der Waals surface area contributed by atoms with Crippen molar-refractivity contribution in [2.24, 2.45) is 11.8 Å². The normalized spacial score (nSPS) is 22.6. The van der Waals surface area contributed by atoms with E-state index in [1.54, 1.807) is 0 Å². The lowest BCUT2D eigenvalue weighted by Gasteiger charge is -2.36. The van der Waals surface area contributed by atoms with E-state index in [0.717, 1.165) is 38.9 Å². The predicted octanol–water partition coefficient (Wildman–Crippen LogP) is 2.42. The van der Waals surface area contributed by atoms with Gasteiger partial charge in [-0.25, -0.2) is 4.79 Å². The van der Waals surface area contributed by atoms with Gasteiger partial charge >= 0.3 is 12.0 Å². The van der Waals surface area contributed by atoms with Crippen molar-refractivity contribution in [1.29, 1.82) is 0 Å². The van der Waals surface area contributed by atoms with Crippen LogP contribution in [0.15, 0.2) is 0 Å². The monoisotopic (exact) mass is 282 g/mol. The lowest BCUT2D eigenvalue weighted by atomic mass is 9.95. The van der Waals surface area contributed by atoms with Crippen LogP contribution >= 0.6 is 0 Å². The number of carbonyl (C=O) groups is 2. The number of piperidine rings is 1. The number of carboxylic acids is 1. The second-order valence-electron chi connectivity index (χ2n) is 6.22. The molecule has 1 aliphatic carbocycles. The van der Waals surface area contributed by atoms with E-state index in [0.29, 0.717) is 12.5 Å². The number of hydrogen-bond acceptors (Lipinski definition) is 2. The number of rotatable bonds is 6. The Morgan fingerprint density at radius 1 is 1.25 bits per heavy atom. The van der Waals surface area contributed by atoms with Gasteiger partial charge in [-0.15, -0.1) is 0 Å². The number of urea groups is 1. The van der Waals surface area contributed by atoms with E-state index < -0.39 is 5.97 Å². The summed E-state index contributed by atoms with van der Waals surface area (Å²) in [4.78, 5) is 27.3. The predicted molar refractivity (Wildman–Crippen MR) is 76.5 cm³/mol. The van der Waals surface area contributed by atoms with Gasteiger partial charge in [0, 0.05) is 32.6 Å². The Hall–Kier alpha value is -1.26. The van der Waals surface area contributed by atoms with Gasteiger partial charge in [0.05, 0.1) is 0 Å². The minimum Gasteiger partial charge on any atom is -0.481 e. The number of carbonyl (C=O) groups excluding carboxylic acids is 1. The second-order valence-corrected chi connectivity index (χ2v) is 6.22. The summed E-state index contributed by atoms with van der Waals surface area (Å²) in [6.07, 6.45) is 5.49. The van der Waals surface area contributed by atoms with Crippen LogP contribution in [0.3, 0.4) is 0 Å². The lowest BCUT2D eigenvalue weighted by Crippen LogP contribution is -2.48. The van der Waals surface area contributed by atoms with Crippen LogP contribution in [-0.4, -0.2) is 53.1 Å². The summed E-state index contributed by atoms with van der Waals surface area (Å²) in [7, 11) is 0. The highest BCUT2D eigenvalue weighted by atomic mass is 16.4. The largest absolute Gasteiger partial charge is 0.481 e. The third kappa shape index (κ3) is 4.39. The molecule has 1 N–H and O–H groups in total. The van der Waals surface area contributed by atoms with Crippen LogP contribution in [-0.2, 0) is 4.79 Å². The van der Waals surface area contributed by atoms with Crippen LogP contribution < -0.4 is 0 Å². The summed E-state index contributed by atoms with van der Waals surface area (Å²) in [5.74, 6) is 0.0624. The van der Waals surface area contributed by atoms with Gasteiger partial charge in [-0.1, -0.05) is 6.92 Å². The molecule has 1 saturated heterocycles. The topological polar surface area (TPSA) is 60.9 Å². The van der Waals surface area contributed by atoms with Gasteiger partial charge in [0.15, 0.2) is 0 Å². The summed E-state index contributed by atoms with van der Waals surface area (Å²) < 4.78 is 0. The molecule has 0 aromatic carbocycles. The van der Waals surface area contributed by atoms with Crippen molar-refractivity contribution in [1.82, 2.24) is 9.80 Å². The maximum Gasteiger partial charge on any atom is 0.320 e. The fraction of sp³-hybridized carbons (Fsp3) is 0.867. The molecule has 114 valence electrons. The first-order chi connectivity index (χ1) is 9.60. The Morgan fingerprint density at radius 3 is 2.60 bits per heavy atom. The molecule has 2 rings (SSSR count). The molecule has 20 heavy (non-hydrogen) atoms.